The number of piperazine rings is 1. The van der Waals surface area contributed by atoms with Gasteiger partial charge in [-0.25, -0.2) is 0 Å². The molecule has 1 saturated heterocycles. The van der Waals surface area contributed by atoms with E-state index >= 15 is 0 Å². The Kier molecular flexibility index (Phi) is 8.84. The summed E-state index contributed by atoms with van der Waals surface area (Å²) in [7, 11) is 0. The minimum absolute atomic E-state index is 0.205. The molecule has 0 radical (unpaired) electrons. The van der Waals surface area contributed by atoms with Gasteiger partial charge in [0.2, 0.25) is 0 Å². The number of hydrogen-bond donors (Lipinski definition) is 0. The number of pyridine rings is 1. The molecule has 39 heavy (non-hydrogen) atoms. The van der Waals surface area contributed by atoms with Crippen LogP contribution in [0.25, 0.3) is 21.0 Å². The Balaban J connectivity index is 1.10. The Labute approximate surface area is 233 Å². The highest BCUT2D eigenvalue weighted by Gasteiger charge is 2.19. The number of aromatic nitrogens is 1. The van der Waals surface area contributed by atoms with E-state index in [2.05, 4.69) is 39.4 Å². The number of carbonyl (C=O) groups excluding carboxylic acids is 1. The summed E-state index contributed by atoms with van der Waals surface area (Å²) in [6.45, 7) is 9.58. The normalized spacial score (nSPS) is 15.1. The molecule has 0 bridgehead atoms. The van der Waals surface area contributed by atoms with Crippen LogP contribution in [0.5, 0.6) is 5.75 Å². The minimum atomic E-state index is -0.686. The van der Waals surface area contributed by atoms with Gasteiger partial charge in [-0.2, -0.15) is 0 Å². The smallest absolute Gasteiger partial charge is 0.307 e. The van der Waals surface area contributed by atoms with Crippen LogP contribution in [0.1, 0.15) is 45.8 Å². The van der Waals surface area contributed by atoms with E-state index in [-0.39, 0.29) is 11.5 Å². The summed E-state index contributed by atoms with van der Waals surface area (Å²) in [5.74, 6) is 0.410. The van der Waals surface area contributed by atoms with Crippen molar-refractivity contribution in [1.82, 2.24) is 9.47 Å². The molecule has 0 aliphatic carbocycles. The number of carbonyl (C=O) groups is 1. The lowest BCUT2D eigenvalue weighted by Crippen LogP contribution is -2.46. The highest BCUT2D eigenvalue weighted by Crippen LogP contribution is 2.31. The third-order valence-electron chi connectivity index (χ3n) is 7.35. The number of ether oxygens (including phenoxy) is 2. The second kappa shape index (κ2) is 12.7. The lowest BCUT2D eigenvalue weighted by molar-refractivity contribution is -0.152. The van der Waals surface area contributed by atoms with Crippen LogP contribution in [0.4, 0.5) is 5.69 Å². The summed E-state index contributed by atoms with van der Waals surface area (Å²) >= 11 is 1.80. The quantitative estimate of drug-likeness (QED) is 0.168. The highest BCUT2D eigenvalue weighted by atomic mass is 32.1. The molecule has 1 atom stereocenters. The molecular weight excluding hydrogens is 510 g/mol. The number of anilines is 1. The van der Waals surface area contributed by atoms with Crippen molar-refractivity contribution in [3.63, 3.8) is 0 Å². The van der Waals surface area contributed by atoms with E-state index in [1.807, 2.05) is 25.1 Å². The van der Waals surface area contributed by atoms with E-state index in [0.717, 1.165) is 51.0 Å². The number of benzene rings is 2. The molecule has 1 unspecified atom stereocenters. The number of esters is 1. The van der Waals surface area contributed by atoms with Gasteiger partial charge >= 0.3 is 5.97 Å². The Morgan fingerprint density at radius 3 is 2.67 bits per heavy atom. The molecule has 5 rings (SSSR count). The van der Waals surface area contributed by atoms with Crippen LogP contribution >= 0.6 is 11.3 Å². The van der Waals surface area contributed by atoms with Gasteiger partial charge in [0.15, 0.2) is 6.23 Å². The zero-order valence-corrected chi connectivity index (χ0v) is 23.6. The van der Waals surface area contributed by atoms with E-state index in [4.69, 9.17) is 9.47 Å². The molecule has 0 saturated carbocycles. The van der Waals surface area contributed by atoms with E-state index in [9.17, 15) is 9.59 Å². The molecule has 1 aliphatic rings. The molecule has 0 amide bonds. The summed E-state index contributed by atoms with van der Waals surface area (Å²) in [6.07, 6.45) is 2.38. The van der Waals surface area contributed by atoms with E-state index in [0.29, 0.717) is 30.7 Å². The summed E-state index contributed by atoms with van der Waals surface area (Å²) in [4.78, 5) is 29.7. The second-order valence-electron chi connectivity index (χ2n) is 10.1. The van der Waals surface area contributed by atoms with Crippen molar-refractivity contribution < 1.29 is 14.3 Å². The maximum Gasteiger partial charge on any atom is 0.307 e. The first-order valence-corrected chi connectivity index (χ1v) is 14.8. The van der Waals surface area contributed by atoms with Gasteiger partial charge in [-0.1, -0.05) is 13.0 Å². The molecule has 4 aromatic rings. The Morgan fingerprint density at radius 2 is 1.85 bits per heavy atom. The first-order valence-electron chi connectivity index (χ1n) is 13.9. The van der Waals surface area contributed by atoms with Crippen LogP contribution in [0.3, 0.4) is 0 Å². The van der Waals surface area contributed by atoms with Crippen LogP contribution in [0.2, 0.25) is 0 Å². The van der Waals surface area contributed by atoms with Gasteiger partial charge in [-0.3, -0.25) is 19.1 Å². The number of fused-ring (bicyclic) bond motifs is 2. The minimum Gasteiger partial charge on any atom is -0.494 e. The van der Waals surface area contributed by atoms with Crippen LogP contribution in [0, 0.1) is 0 Å². The zero-order valence-electron chi connectivity index (χ0n) is 22.8. The predicted molar refractivity (Wildman–Crippen MR) is 159 cm³/mol. The van der Waals surface area contributed by atoms with Crippen LogP contribution < -0.4 is 15.2 Å². The molecular formula is C31H37N3O4S. The molecule has 8 heteroatoms. The highest BCUT2D eigenvalue weighted by molar-refractivity contribution is 7.17. The maximum atomic E-state index is 12.6. The largest absolute Gasteiger partial charge is 0.494 e. The molecule has 2 aromatic carbocycles. The Bertz CT molecular complexity index is 1470. The Hall–Kier alpha value is -3.36. The summed E-state index contributed by atoms with van der Waals surface area (Å²) in [5, 5.41) is 4.44. The zero-order chi connectivity index (χ0) is 27.2. The fourth-order valence-electron chi connectivity index (χ4n) is 5.30. The van der Waals surface area contributed by atoms with Crippen molar-refractivity contribution in [1.29, 1.82) is 0 Å². The van der Waals surface area contributed by atoms with Gasteiger partial charge in [0.05, 0.1) is 12.1 Å². The van der Waals surface area contributed by atoms with Gasteiger partial charge in [-0.05, 0) is 79.9 Å². The first-order chi connectivity index (χ1) is 19.0. The third kappa shape index (κ3) is 6.45. The predicted octanol–water partition coefficient (Wildman–Crippen LogP) is 6.06. The summed E-state index contributed by atoms with van der Waals surface area (Å²) in [5.41, 5.74) is 1.85. The average molecular weight is 548 g/mol. The molecule has 0 N–H and O–H groups in total. The molecule has 3 heterocycles. The summed E-state index contributed by atoms with van der Waals surface area (Å²) < 4.78 is 14.4. The van der Waals surface area contributed by atoms with E-state index in [1.54, 1.807) is 24.3 Å². The molecule has 1 fully saturated rings. The van der Waals surface area contributed by atoms with Gasteiger partial charge in [-0.15, -0.1) is 11.3 Å². The van der Waals surface area contributed by atoms with Crippen LogP contribution in [-0.4, -0.2) is 54.8 Å². The molecule has 7 nitrogen and oxygen atoms in total. The van der Waals surface area contributed by atoms with Crippen molar-refractivity contribution >= 4 is 44.0 Å². The van der Waals surface area contributed by atoms with Crippen molar-refractivity contribution in [2.75, 3.05) is 44.2 Å². The van der Waals surface area contributed by atoms with Crippen molar-refractivity contribution in [3.8, 4) is 5.75 Å². The topological polar surface area (TPSA) is 64.0 Å². The fraction of sp³-hybridized carbons (Fsp3) is 0.419. The number of unbranched alkanes of at least 4 members (excludes halogenated alkanes) is 1. The van der Waals surface area contributed by atoms with Gasteiger partial charge in [0, 0.05) is 60.5 Å². The molecule has 2 aromatic heterocycles. The number of hydrogen-bond acceptors (Lipinski definition) is 7. The van der Waals surface area contributed by atoms with Gasteiger partial charge < -0.3 is 14.4 Å². The molecule has 1 aliphatic heterocycles. The standard InChI is InChI=1S/C31H37N3O4S/c1-3-7-31(36)38-23(2)34-28-22-25(12-10-24(28)11-13-30(34)35)37-20-5-4-15-32-16-18-33(19-17-32)27-8-6-9-29-26(27)14-21-39-29/h6,8-14,21-23H,3-5,7,15-20H2,1-2H3. The van der Waals surface area contributed by atoms with E-state index < -0.39 is 6.23 Å². The monoisotopic (exact) mass is 547 g/mol. The third-order valence-corrected chi connectivity index (χ3v) is 8.23. The lowest BCUT2D eigenvalue weighted by atomic mass is 10.2. The SMILES string of the molecule is CCCC(=O)OC(C)n1c(=O)ccc2ccc(OCCCCN3CCN(c4cccc5sccc45)CC3)cc21. The van der Waals surface area contributed by atoms with Crippen molar-refractivity contribution in [2.24, 2.45) is 0 Å². The van der Waals surface area contributed by atoms with E-state index in [1.165, 1.54) is 26.4 Å². The van der Waals surface area contributed by atoms with Gasteiger partial charge in [0.25, 0.3) is 5.56 Å². The maximum absolute atomic E-state index is 12.6. The first kappa shape index (κ1) is 27.2. The van der Waals surface area contributed by atoms with Crippen molar-refractivity contribution in [3.05, 3.63) is 70.3 Å². The number of nitrogens with zero attached hydrogens (tertiary/aromatic N) is 3. The average Bonchev–Trinajstić information content (AvgIpc) is 3.42. The lowest BCUT2D eigenvalue weighted by Gasteiger charge is -2.36. The molecule has 0 spiro atoms. The fourth-order valence-corrected chi connectivity index (χ4v) is 6.11. The van der Waals surface area contributed by atoms with Crippen LogP contribution in [-0.2, 0) is 9.53 Å². The molecule has 206 valence electrons. The Morgan fingerprint density at radius 1 is 1.03 bits per heavy atom. The second-order valence-corrected chi connectivity index (χ2v) is 11.0. The van der Waals surface area contributed by atoms with Gasteiger partial charge in [0.1, 0.15) is 5.75 Å². The summed E-state index contributed by atoms with van der Waals surface area (Å²) in [6, 6.07) is 17.9. The van der Waals surface area contributed by atoms with Crippen LogP contribution in [0.15, 0.2) is 64.8 Å². The van der Waals surface area contributed by atoms with Crippen molar-refractivity contribution in [2.45, 2.75) is 45.8 Å². The number of thiophene rings is 1. The number of rotatable bonds is 11.